The highest BCUT2D eigenvalue weighted by Crippen LogP contribution is 2.27. The fraction of sp³-hybridized carbons (Fsp3) is 0.429. The minimum atomic E-state index is -3.70. The van der Waals surface area contributed by atoms with Crippen LogP contribution in [-0.4, -0.2) is 40.0 Å². The maximum Gasteiger partial charge on any atom is 0.241 e. The number of hydrogen-bond acceptors (Lipinski definition) is 4. The Labute approximate surface area is 183 Å². The third kappa shape index (κ3) is 6.09. The molecule has 8 heteroatoms. The normalized spacial score (nSPS) is 16.3. The number of hydrogen-bond donors (Lipinski definition) is 2. The van der Waals surface area contributed by atoms with Crippen LogP contribution in [0.5, 0.6) is 0 Å². The fourth-order valence-electron chi connectivity index (χ4n) is 3.60. The van der Waals surface area contributed by atoms with Crippen LogP contribution in [0.25, 0.3) is 0 Å². The number of nitrogens with one attached hydrogen (secondary N) is 2. The smallest absolute Gasteiger partial charge is 0.241 e. The molecule has 1 fully saturated rings. The number of likely N-dealkylation sites (N-methyl/N-ethyl adjacent to an activating group) is 1. The van der Waals surface area contributed by atoms with Crippen LogP contribution in [-0.2, 0) is 10.0 Å². The Balaban J connectivity index is 1.77. The third-order valence-electron chi connectivity index (χ3n) is 5.08. The van der Waals surface area contributed by atoms with Crippen LogP contribution >= 0.6 is 23.2 Å². The van der Waals surface area contributed by atoms with E-state index in [-0.39, 0.29) is 4.90 Å². The SMILES string of the molecule is CN(C)C[C@H](NS(=O)(=O)c1ccc(NC2CCCC2)cc1)c1ccc(Cl)c(Cl)c1. The minimum Gasteiger partial charge on any atom is -0.382 e. The van der Waals surface area contributed by atoms with Crippen molar-refractivity contribution in [3.8, 4) is 0 Å². The summed E-state index contributed by atoms with van der Waals surface area (Å²) in [5.41, 5.74) is 1.71. The van der Waals surface area contributed by atoms with Gasteiger partial charge in [-0.3, -0.25) is 0 Å². The summed E-state index contributed by atoms with van der Waals surface area (Å²) in [5.74, 6) is 0. The molecule has 0 aliphatic heterocycles. The molecule has 1 aliphatic rings. The van der Waals surface area contributed by atoms with Gasteiger partial charge in [0, 0.05) is 18.3 Å². The van der Waals surface area contributed by atoms with Crippen LogP contribution in [0.1, 0.15) is 37.3 Å². The van der Waals surface area contributed by atoms with Crippen molar-refractivity contribution >= 4 is 38.9 Å². The summed E-state index contributed by atoms with van der Waals surface area (Å²) in [6.45, 7) is 0.485. The van der Waals surface area contributed by atoms with Crippen molar-refractivity contribution < 1.29 is 8.42 Å². The maximum absolute atomic E-state index is 13.0. The zero-order chi connectivity index (χ0) is 21.0. The summed E-state index contributed by atoms with van der Waals surface area (Å²) < 4.78 is 28.8. The van der Waals surface area contributed by atoms with Crippen molar-refractivity contribution in [2.24, 2.45) is 0 Å². The first kappa shape index (κ1) is 22.4. The molecule has 1 atom stereocenters. The van der Waals surface area contributed by atoms with E-state index in [0.29, 0.717) is 22.6 Å². The predicted molar refractivity (Wildman–Crippen MR) is 120 cm³/mol. The lowest BCUT2D eigenvalue weighted by Crippen LogP contribution is -2.35. The zero-order valence-electron chi connectivity index (χ0n) is 16.7. The van der Waals surface area contributed by atoms with E-state index in [4.69, 9.17) is 23.2 Å². The van der Waals surface area contributed by atoms with Crippen LogP contribution in [0.15, 0.2) is 47.4 Å². The quantitative estimate of drug-likeness (QED) is 0.592. The largest absolute Gasteiger partial charge is 0.382 e. The van der Waals surface area contributed by atoms with Gasteiger partial charge in [-0.2, -0.15) is 0 Å². The van der Waals surface area contributed by atoms with Crippen LogP contribution in [0.4, 0.5) is 5.69 Å². The standard InChI is InChI=1S/C21H27Cl2N3O2S/c1-26(2)14-21(15-7-12-19(22)20(23)13-15)25-29(27,28)18-10-8-17(9-11-18)24-16-5-3-4-6-16/h7-13,16,21,24-25H,3-6,14H2,1-2H3/t21-/m0/s1. The van der Waals surface area contributed by atoms with E-state index in [2.05, 4.69) is 10.0 Å². The van der Waals surface area contributed by atoms with E-state index < -0.39 is 16.1 Å². The molecule has 0 amide bonds. The first-order chi connectivity index (χ1) is 13.7. The number of sulfonamides is 1. The van der Waals surface area contributed by atoms with Crippen LogP contribution in [0.3, 0.4) is 0 Å². The molecular weight excluding hydrogens is 429 g/mol. The Hall–Kier alpha value is -1.31. The monoisotopic (exact) mass is 455 g/mol. The van der Waals surface area contributed by atoms with Gasteiger partial charge in [0.2, 0.25) is 10.0 Å². The second kappa shape index (κ2) is 9.67. The maximum atomic E-state index is 13.0. The molecule has 0 saturated heterocycles. The van der Waals surface area contributed by atoms with E-state index in [1.54, 1.807) is 30.3 Å². The first-order valence-electron chi connectivity index (χ1n) is 9.73. The molecule has 2 N–H and O–H groups in total. The predicted octanol–water partition coefficient (Wildman–Crippen LogP) is 4.93. The Kier molecular flexibility index (Phi) is 7.46. The molecule has 0 bridgehead atoms. The number of halogens is 2. The summed E-state index contributed by atoms with van der Waals surface area (Å²) in [6, 6.07) is 12.1. The van der Waals surface area contributed by atoms with Gasteiger partial charge in [-0.25, -0.2) is 13.1 Å². The average Bonchev–Trinajstić information content (AvgIpc) is 3.16. The van der Waals surface area contributed by atoms with Gasteiger partial charge in [0.1, 0.15) is 0 Å². The van der Waals surface area contributed by atoms with Crippen molar-refractivity contribution in [1.82, 2.24) is 9.62 Å². The highest BCUT2D eigenvalue weighted by molar-refractivity contribution is 7.89. The van der Waals surface area contributed by atoms with E-state index in [1.165, 1.54) is 12.8 Å². The van der Waals surface area contributed by atoms with Gasteiger partial charge in [0.25, 0.3) is 0 Å². The molecule has 0 radical (unpaired) electrons. The van der Waals surface area contributed by atoms with Crippen molar-refractivity contribution in [3.05, 3.63) is 58.1 Å². The average molecular weight is 456 g/mol. The van der Waals surface area contributed by atoms with Gasteiger partial charge in [-0.15, -0.1) is 0 Å². The molecule has 5 nitrogen and oxygen atoms in total. The Morgan fingerprint density at radius 1 is 1.03 bits per heavy atom. The molecule has 1 aliphatic carbocycles. The van der Waals surface area contributed by atoms with Gasteiger partial charge in [0.15, 0.2) is 0 Å². The molecule has 1 saturated carbocycles. The lowest BCUT2D eigenvalue weighted by Gasteiger charge is -2.23. The van der Waals surface area contributed by atoms with Crippen molar-refractivity contribution in [1.29, 1.82) is 0 Å². The van der Waals surface area contributed by atoms with E-state index in [0.717, 1.165) is 24.1 Å². The van der Waals surface area contributed by atoms with Gasteiger partial charge >= 0.3 is 0 Å². The highest BCUT2D eigenvalue weighted by atomic mass is 35.5. The van der Waals surface area contributed by atoms with Gasteiger partial charge < -0.3 is 10.2 Å². The van der Waals surface area contributed by atoms with Crippen molar-refractivity contribution in [2.45, 2.75) is 42.7 Å². The van der Waals surface area contributed by atoms with Crippen LogP contribution < -0.4 is 10.0 Å². The fourth-order valence-corrected chi connectivity index (χ4v) is 5.12. The molecule has 0 heterocycles. The van der Waals surface area contributed by atoms with Crippen LogP contribution in [0, 0.1) is 0 Å². The number of benzene rings is 2. The van der Waals surface area contributed by atoms with E-state index >= 15 is 0 Å². The number of anilines is 1. The molecule has 0 unspecified atom stereocenters. The van der Waals surface area contributed by atoms with Crippen molar-refractivity contribution in [2.75, 3.05) is 26.0 Å². The number of rotatable bonds is 8. The summed E-state index contributed by atoms with van der Waals surface area (Å²) in [5, 5.41) is 4.31. The van der Waals surface area contributed by atoms with E-state index in [1.807, 2.05) is 31.1 Å². The Morgan fingerprint density at radius 2 is 1.69 bits per heavy atom. The zero-order valence-corrected chi connectivity index (χ0v) is 19.0. The molecule has 0 aromatic heterocycles. The highest BCUT2D eigenvalue weighted by Gasteiger charge is 2.23. The lowest BCUT2D eigenvalue weighted by atomic mass is 10.1. The topological polar surface area (TPSA) is 61.4 Å². The molecule has 29 heavy (non-hydrogen) atoms. The second-order valence-electron chi connectivity index (χ2n) is 7.76. The summed E-state index contributed by atoms with van der Waals surface area (Å²) >= 11 is 12.1. The summed E-state index contributed by atoms with van der Waals surface area (Å²) in [6.07, 6.45) is 4.82. The third-order valence-corrected chi connectivity index (χ3v) is 7.31. The molecule has 0 spiro atoms. The van der Waals surface area contributed by atoms with Gasteiger partial charge in [-0.05, 0) is 68.9 Å². The van der Waals surface area contributed by atoms with Crippen molar-refractivity contribution in [3.63, 3.8) is 0 Å². The molecule has 2 aromatic carbocycles. The second-order valence-corrected chi connectivity index (χ2v) is 10.3. The molecule has 158 valence electrons. The van der Waals surface area contributed by atoms with Crippen LogP contribution in [0.2, 0.25) is 10.0 Å². The van der Waals surface area contributed by atoms with Gasteiger partial charge in [-0.1, -0.05) is 42.1 Å². The Morgan fingerprint density at radius 3 is 2.28 bits per heavy atom. The lowest BCUT2D eigenvalue weighted by molar-refractivity contribution is 0.363. The van der Waals surface area contributed by atoms with Gasteiger partial charge in [0.05, 0.1) is 21.0 Å². The van der Waals surface area contributed by atoms with E-state index in [9.17, 15) is 8.42 Å². The summed E-state index contributed by atoms with van der Waals surface area (Å²) in [4.78, 5) is 2.16. The molecule has 2 aromatic rings. The molecular formula is C21H27Cl2N3O2S. The minimum absolute atomic E-state index is 0.235. The number of nitrogens with zero attached hydrogens (tertiary/aromatic N) is 1. The Bertz CT molecular complexity index is 927. The first-order valence-corrected chi connectivity index (χ1v) is 12.0. The summed E-state index contributed by atoms with van der Waals surface area (Å²) in [7, 11) is 0.0816. The molecule has 3 rings (SSSR count).